The highest BCUT2D eigenvalue weighted by Crippen LogP contribution is 2.16. The van der Waals surface area contributed by atoms with Gasteiger partial charge in [-0.2, -0.15) is 0 Å². The first-order valence-electron chi connectivity index (χ1n) is 9.10. The smallest absolute Gasteiger partial charge is 0.134 e. The molecule has 1 aliphatic heterocycles. The van der Waals surface area contributed by atoms with E-state index in [4.69, 9.17) is 0 Å². The van der Waals surface area contributed by atoms with E-state index in [0.717, 1.165) is 57.3 Å². The average Bonchev–Trinajstić information content (AvgIpc) is 2.68. The molecule has 132 valence electrons. The molecule has 1 fully saturated rings. The second-order valence-electron chi connectivity index (χ2n) is 6.29. The molecule has 1 saturated heterocycles. The molecule has 0 unspecified atom stereocenters. The third kappa shape index (κ3) is 5.29. The predicted molar refractivity (Wildman–Crippen MR) is 105 cm³/mol. The van der Waals surface area contributed by atoms with Gasteiger partial charge in [0.2, 0.25) is 0 Å². The van der Waals surface area contributed by atoms with Gasteiger partial charge in [0.05, 0.1) is 0 Å². The lowest BCUT2D eigenvalue weighted by Gasteiger charge is -2.34. The first-order valence-corrected chi connectivity index (χ1v) is 9.10. The summed E-state index contributed by atoms with van der Waals surface area (Å²) < 4.78 is 0. The van der Waals surface area contributed by atoms with Gasteiger partial charge in [0.25, 0.3) is 0 Å². The van der Waals surface area contributed by atoms with Crippen molar-refractivity contribution in [2.24, 2.45) is 0 Å². The molecule has 0 spiro atoms. The molecule has 1 aromatic carbocycles. The molecule has 2 aromatic rings. The molecule has 0 atom stereocenters. The van der Waals surface area contributed by atoms with Crippen LogP contribution in [0.2, 0.25) is 0 Å². The summed E-state index contributed by atoms with van der Waals surface area (Å²) in [5, 5.41) is 3.33. The topological polar surface area (TPSA) is 44.3 Å². The lowest BCUT2D eigenvalue weighted by atomic mass is 10.2. The number of hydrogen-bond acceptors (Lipinski definition) is 5. The number of anilines is 2. The van der Waals surface area contributed by atoms with Gasteiger partial charge in [-0.05, 0) is 12.0 Å². The van der Waals surface area contributed by atoms with E-state index in [9.17, 15) is 0 Å². The summed E-state index contributed by atoms with van der Waals surface area (Å²) in [7, 11) is 0. The van der Waals surface area contributed by atoms with E-state index in [1.807, 2.05) is 6.07 Å². The Kier molecular flexibility index (Phi) is 6.40. The van der Waals surface area contributed by atoms with Crippen LogP contribution in [0.3, 0.4) is 0 Å². The second-order valence-corrected chi connectivity index (χ2v) is 6.29. The van der Waals surface area contributed by atoms with E-state index >= 15 is 0 Å². The van der Waals surface area contributed by atoms with E-state index in [1.54, 1.807) is 6.33 Å². The molecule has 2 heterocycles. The van der Waals surface area contributed by atoms with Crippen LogP contribution in [0.4, 0.5) is 11.6 Å². The van der Waals surface area contributed by atoms with Gasteiger partial charge in [0.1, 0.15) is 18.0 Å². The molecule has 25 heavy (non-hydrogen) atoms. The summed E-state index contributed by atoms with van der Waals surface area (Å²) in [5.74, 6) is 1.94. The van der Waals surface area contributed by atoms with Gasteiger partial charge < -0.3 is 10.2 Å². The zero-order chi connectivity index (χ0) is 17.3. The van der Waals surface area contributed by atoms with Crippen LogP contribution in [-0.4, -0.2) is 54.1 Å². The molecule has 0 aliphatic carbocycles. The standard InChI is InChI=1S/C20H27N5/c1-2-10-21-19-16-20(23-17-22-19)25-14-12-24(13-15-25)11-6-9-18-7-4-3-5-8-18/h3-9,16-17H,2,10-15H2,1H3,(H,21,22,23)/b9-6+. The van der Waals surface area contributed by atoms with Crippen LogP contribution < -0.4 is 10.2 Å². The molecule has 1 N–H and O–H groups in total. The molecule has 0 radical (unpaired) electrons. The number of rotatable bonds is 7. The maximum Gasteiger partial charge on any atom is 0.134 e. The third-order valence-electron chi connectivity index (χ3n) is 4.38. The predicted octanol–water partition coefficient (Wildman–Crippen LogP) is 3.13. The van der Waals surface area contributed by atoms with Crippen LogP contribution in [0.5, 0.6) is 0 Å². The van der Waals surface area contributed by atoms with E-state index < -0.39 is 0 Å². The first kappa shape index (κ1) is 17.4. The minimum Gasteiger partial charge on any atom is -0.370 e. The molecule has 5 heteroatoms. The van der Waals surface area contributed by atoms with Crippen molar-refractivity contribution in [2.75, 3.05) is 49.5 Å². The van der Waals surface area contributed by atoms with Crippen molar-refractivity contribution in [3.63, 3.8) is 0 Å². The minimum atomic E-state index is 0.917. The van der Waals surface area contributed by atoms with Crippen LogP contribution >= 0.6 is 0 Å². The summed E-state index contributed by atoms with van der Waals surface area (Å²) >= 11 is 0. The molecule has 3 rings (SSSR count). The summed E-state index contributed by atoms with van der Waals surface area (Å²) in [6, 6.07) is 12.5. The largest absolute Gasteiger partial charge is 0.370 e. The van der Waals surface area contributed by atoms with Gasteiger partial charge in [-0.25, -0.2) is 9.97 Å². The highest BCUT2D eigenvalue weighted by atomic mass is 15.3. The van der Waals surface area contributed by atoms with Gasteiger partial charge in [-0.15, -0.1) is 0 Å². The Morgan fingerprint density at radius 3 is 2.64 bits per heavy atom. The number of nitrogens with zero attached hydrogens (tertiary/aromatic N) is 4. The maximum atomic E-state index is 4.44. The van der Waals surface area contributed by atoms with Gasteiger partial charge in [-0.1, -0.05) is 49.4 Å². The SMILES string of the molecule is CCCNc1cc(N2CCN(C/C=C/c3ccccc3)CC2)ncn1. The zero-order valence-electron chi connectivity index (χ0n) is 14.9. The fourth-order valence-electron chi connectivity index (χ4n) is 2.93. The van der Waals surface area contributed by atoms with Crippen LogP contribution in [0, 0.1) is 0 Å². The zero-order valence-corrected chi connectivity index (χ0v) is 14.9. The molecule has 1 aliphatic rings. The fraction of sp³-hybridized carbons (Fsp3) is 0.400. The molecule has 1 aromatic heterocycles. The average molecular weight is 337 g/mol. The van der Waals surface area contributed by atoms with Gasteiger partial charge in [0, 0.05) is 45.3 Å². The van der Waals surface area contributed by atoms with E-state index in [0.29, 0.717) is 0 Å². The van der Waals surface area contributed by atoms with E-state index in [-0.39, 0.29) is 0 Å². The summed E-state index contributed by atoms with van der Waals surface area (Å²) in [4.78, 5) is 13.6. The van der Waals surface area contributed by atoms with Crippen molar-refractivity contribution in [3.05, 3.63) is 54.4 Å². The number of aromatic nitrogens is 2. The van der Waals surface area contributed by atoms with Crippen molar-refractivity contribution in [2.45, 2.75) is 13.3 Å². The lowest BCUT2D eigenvalue weighted by Crippen LogP contribution is -2.46. The van der Waals surface area contributed by atoms with Crippen molar-refractivity contribution in [1.29, 1.82) is 0 Å². The van der Waals surface area contributed by atoms with Crippen molar-refractivity contribution < 1.29 is 0 Å². The number of benzene rings is 1. The number of nitrogens with one attached hydrogen (secondary N) is 1. The van der Waals surface area contributed by atoms with E-state index in [2.05, 4.69) is 74.5 Å². The molecular weight excluding hydrogens is 310 g/mol. The Morgan fingerprint density at radius 1 is 1.08 bits per heavy atom. The van der Waals surface area contributed by atoms with Crippen LogP contribution in [0.1, 0.15) is 18.9 Å². The molecule has 5 nitrogen and oxygen atoms in total. The maximum absolute atomic E-state index is 4.44. The van der Waals surface area contributed by atoms with Crippen molar-refractivity contribution >= 4 is 17.7 Å². The molecule has 0 bridgehead atoms. The van der Waals surface area contributed by atoms with Crippen LogP contribution in [0.25, 0.3) is 6.08 Å². The molecule has 0 saturated carbocycles. The van der Waals surface area contributed by atoms with Crippen LogP contribution in [-0.2, 0) is 0 Å². The highest BCUT2D eigenvalue weighted by molar-refractivity contribution is 5.49. The Bertz CT molecular complexity index is 663. The minimum absolute atomic E-state index is 0.917. The van der Waals surface area contributed by atoms with Gasteiger partial charge in [0.15, 0.2) is 0 Å². The number of hydrogen-bond donors (Lipinski definition) is 1. The first-order chi connectivity index (χ1) is 12.3. The fourth-order valence-corrected chi connectivity index (χ4v) is 2.93. The summed E-state index contributed by atoms with van der Waals surface area (Å²) in [6.45, 7) is 8.21. The Balaban J connectivity index is 1.48. The Labute approximate surface area is 150 Å². The highest BCUT2D eigenvalue weighted by Gasteiger charge is 2.17. The monoisotopic (exact) mass is 337 g/mol. The van der Waals surface area contributed by atoms with Crippen LogP contribution in [0.15, 0.2) is 48.8 Å². The second kappa shape index (κ2) is 9.18. The normalized spacial score (nSPS) is 15.6. The van der Waals surface area contributed by atoms with Crippen molar-refractivity contribution in [1.82, 2.24) is 14.9 Å². The van der Waals surface area contributed by atoms with Crippen molar-refractivity contribution in [3.8, 4) is 0 Å². The third-order valence-corrected chi connectivity index (χ3v) is 4.38. The quantitative estimate of drug-likeness (QED) is 0.841. The number of piperazine rings is 1. The van der Waals surface area contributed by atoms with Gasteiger partial charge in [-0.3, -0.25) is 4.90 Å². The Morgan fingerprint density at radius 2 is 1.88 bits per heavy atom. The molecule has 0 amide bonds. The Hall–Kier alpha value is -2.40. The summed E-state index contributed by atoms with van der Waals surface area (Å²) in [6.07, 6.45) is 7.20. The van der Waals surface area contributed by atoms with Gasteiger partial charge >= 0.3 is 0 Å². The summed E-state index contributed by atoms with van der Waals surface area (Å²) in [5.41, 5.74) is 1.26. The van der Waals surface area contributed by atoms with E-state index in [1.165, 1.54) is 5.56 Å². The molecular formula is C20H27N5. The lowest BCUT2D eigenvalue weighted by molar-refractivity contribution is 0.283.